The van der Waals surface area contributed by atoms with Crippen molar-refractivity contribution in [3.63, 3.8) is 0 Å². The van der Waals surface area contributed by atoms with Gasteiger partial charge in [0.1, 0.15) is 17.9 Å². The van der Waals surface area contributed by atoms with E-state index in [1.54, 1.807) is 18.2 Å². The second kappa shape index (κ2) is 10.1. The van der Waals surface area contributed by atoms with Crippen molar-refractivity contribution in [2.45, 2.75) is 66.5 Å². The molecule has 1 aromatic heterocycles. The number of benzene rings is 1. The van der Waals surface area contributed by atoms with E-state index in [1.165, 1.54) is 0 Å². The van der Waals surface area contributed by atoms with Crippen molar-refractivity contribution in [3.8, 4) is 11.8 Å². The van der Waals surface area contributed by atoms with Gasteiger partial charge in [0.15, 0.2) is 0 Å². The number of anilines is 1. The Bertz CT molecular complexity index is 1190. The standard InChI is InChI=1S/C28H36ClN5O3/c1-16-22(17(2)32-26(31-16)34-11-9-18(15-35)10-12-34)23(36)33-24-27(3,4)25(28(24,5)6)37-20-8-7-19(14-30)21(29)13-20/h7-8,13,18,24-25,35H,9-12,15H2,1-6H3,(H,33,36)/t24-,25-. The van der Waals surface area contributed by atoms with E-state index < -0.39 is 0 Å². The van der Waals surface area contributed by atoms with Crippen molar-refractivity contribution in [2.75, 3.05) is 24.6 Å². The van der Waals surface area contributed by atoms with Gasteiger partial charge in [-0.25, -0.2) is 9.97 Å². The van der Waals surface area contributed by atoms with Crippen LogP contribution >= 0.6 is 11.6 Å². The van der Waals surface area contributed by atoms with E-state index >= 15 is 0 Å². The molecule has 8 nitrogen and oxygen atoms in total. The van der Waals surface area contributed by atoms with Gasteiger partial charge < -0.3 is 20.1 Å². The maximum Gasteiger partial charge on any atom is 0.255 e. The fraction of sp³-hybridized carbons (Fsp3) is 0.571. The first-order valence-corrected chi connectivity index (χ1v) is 13.2. The number of ether oxygens (including phenoxy) is 1. The molecule has 0 bridgehead atoms. The molecule has 2 fully saturated rings. The van der Waals surface area contributed by atoms with Gasteiger partial charge in [0.05, 0.1) is 27.5 Å². The molecule has 1 amide bonds. The minimum absolute atomic E-state index is 0.151. The lowest BCUT2D eigenvalue weighted by Crippen LogP contribution is -2.74. The minimum Gasteiger partial charge on any atom is -0.489 e. The zero-order chi connectivity index (χ0) is 27.1. The molecule has 1 aliphatic heterocycles. The van der Waals surface area contributed by atoms with Crippen LogP contribution in [0.1, 0.15) is 67.8 Å². The highest BCUT2D eigenvalue weighted by molar-refractivity contribution is 6.31. The highest BCUT2D eigenvalue weighted by Gasteiger charge is 2.64. The summed E-state index contributed by atoms with van der Waals surface area (Å²) in [5, 5.41) is 22.1. The Kier molecular flexibility index (Phi) is 7.42. The molecule has 9 heteroatoms. The Balaban J connectivity index is 1.48. The number of carbonyl (C=O) groups excluding carboxylic acids is 1. The van der Waals surface area contributed by atoms with E-state index in [0.717, 1.165) is 25.9 Å². The summed E-state index contributed by atoms with van der Waals surface area (Å²) in [5.74, 6) is 1.38. The molecule has 2 aliphatic rings. The summed E-state index contributed by atoms with van der Waals surface area (Å²) in [7, 11) is 0. The normalized spacial score (nSPS) is 22.6. The number of piperidine rings is 1. The Morgan fingerprint density at radius 3 is 2.30 bits per heavy atom. The molecule has 4 rings (SSSR count). The van der Waals surface area contributed by atoms with Crippen LogP contribution in [0.2, 0.25) is 5.02 Å². The molecule has 1 saturated heterocycles. The number of carbonyl (C=O) groups is 1. The lowest BCUT2D eigenvalue weighted by atomic mass is 9.49. The van der Waals surface area contributed by atoms with Gasteiger partial charge in [0.25, 0.3) is 5.91 Å². The Morgan fingerprint density at radius 1 is 1.19 bits per heavy atom. The van der Waals surface area contributed by atoms with Crippen LogP contribution in [0.4, 0.5) is 5.95 Å². The summed E-state index contributed by atoms with van der Waals surface area (Å²) in [6, 6.07) is 6.97. The van der Waals surface area contributed by atoms with Crippen molar-refractivity contribution in [3.05, 3.63) is 45.7 Å². The van der Waals surface area contributed by atoms with E-state index in [4.69, 9.17) is 21.6 Å². The third-order valence-corrected chi connectivity index (χ3v) is 8.38. The molecular weight excluding hydrogens is 490 g/mol. The Hall–Kier alpha value is -2.89. The van der Waals surface area contributed by atoms with Crippen molar-refractivity contribution in [2.24, 2.45) is 16.7 Å². The fourth-order valence-corrected chi connectivity index (χ4v) is 6.50. The van der Waals surface area contributed by atoms with Gasteiger partial charge in [-0.05, 0) is 44.7 Å². The molecule has 1 saturated carbocycles. The van der Waals surface area contributed by atoms with Gasteiger partial charge in [0, 0.05) is 42.6 Å². The van der Waals surface area contributed by atoms with Crippen LogP contribution in [0, 0.1) is 41.9 Å². The first-order valence-electron chi connectivity index (χ1n) is 12.8. The largest absolute Gasteiger partial charge is 0.489 e. The first kappa shape index (κ1) is 27.2. The second-order valence-electron chi connectivity index (χ2n) is 11.5. The fourth-order valence-electron chi connectivity index (χ4n) is 6.28. The molecule has 198 valence electrons. The topological polar surface area (TPSA) is 111 Å². The molecule has 1 aromatic carbocycles. The van der Waals surface area contributed by atoms with E-state index in [1.807, 2.05) is 13.8 Å². The van der Waals surface area contributed by atoms with Gasteiger partial charge >= 0.3 is 0 Å². The van der Waals surface area contributed by atoms with E-state index in [-0.39, 0.29) is 35.5 Å². The average molecular weight is 526 g/mol. The van der Waals surface area contributed by atoms with Gasteiger partial charge in [-0.2, -0.15) is 5.26 Å². The number of hydrogen-bond donors (Lipinski definition) is 2. The molecule has 0 atom stereocenters. The van der Waals surface area contributed by atoms with Crippen LogP contribution in [-0.2, 0) is 0 Å². The predicted molar refractivity (Wildman–Crippen MR) is 143 cm³/mol. The van der Waals surface area contributed by atoms with Crippen LogP contribution in [0.5, 0.6) is 5.75 Å². The number of aryl methyl sites for hydroxylation is 2. The third kappa shape index (κ3) is 4.99. The maximum atomic E-state index is 13.5. The number of nitrogens with zero attached hydrogens (tertiary/aromatic N) is 4. The van der Waals surface area contributed by atoms with Crippen molar-refractivity contribution < 1.29 is 14.6 Å². The number of hydrogen-bond acceptors (Lipinski definition) is 7. The predicted octanol–water partition coefficient (Wildman–Crippen LogP) is 4.44. The summed E-state index contributed by atoms with van der Waals surface area (Å²) in [5.41, 5.74) is 1.49. The lowest BCUT2D eigenvalue weighted by Gasteiger charge is -2.63. The average Bonchev–Trinajstić information content (AvgIpc) is 2.85. The summed E-state index contributed by atoms with van der Waals surface area (Å²) in [4.78, 5) is 25.0. The van der Waals surface area contributed by atoms with Crippen LogP contribution in [-0.4, -0.2) is 52.8 Å². The summed E-state index contributed by atoms with van der Waals surface area (Å²) in [6.07, 6.45) is 1.63. The highest BCUT2D eigenvalue weighted by atomic mass is 35.5. The van der Waals surface area contributed by atoms with E-state index in [0.29, 0.717) is 45.2 Å². The number of aliphatic hydroxyl groups excluding tert-OH is 1. The van der Waals surface area contributed by atoms with Crippen molar-refractivity contribution in [1.82, 2.24) is 15.3 Å². The molecule has 37 heavy (non-hydrogen) atoms. The summed E-state index contributed by atoms with van der Waals surface area (Å²) < 4.78 is 6.33. The molecule has 0 unspecified atom stereocenters. The van der Waals surface area contributed by atoms with E-state index in [9.17, 15) is 9.90 Å². The van der Waals surface area contributed by atoms with Crippen LogP contribution in [0.15, 0.2) is 18.2 Å². The first-order chi connectivity index (χ1) is 17.4. The molecule has 2 N–H and O–H groups in total. The number of aliphatic hydroxyl groups is 1. The SMILES string of the molecule is Cc1nc(N2CCC(CO)CC2)nc(C)c1C(=O)N[C@H]1C(C)(C)[C@H](Oc2ccc(C#N)c(Cl)c2)C1(C)C. The van der Waals surface area contributed by atoms with Gasteiger partial charge in [-0.15, -0.1) is 0 Å². The summed E-state index contributed by atoms with van der Waals surface area (Å²) in [6.45, 7) is 13.8. The smallest absolute Gasteiger partial charge is 0.255 e. The lowest BCUT2D eigenvalue weighted by molar-refractivity contribution is -0.164. The molecular formula is C28H36ClN5O3. The second-order valence-corrected chi connectivity index (χ2v) is 11.9. The molecule has 0 spiro atoms. The van der Waals surface area contributed by atoms with Crippen LogP contribution in [0.25, 0.3) is 0 Å². The maximum absolute atomic E-state index is 13.5. The number of nitrogens with one attached hydrogen (secondary N) is 1. The Labute approximate surface area is 224 Å². The van der Waals surface area contributed by atoms with Gasteiger partial charge in [-0.1, -0.05) is 39.3 Å². The van der Waals surface area contributed by atoms with Crippen LogP contribution in [0.3, 0.4) is 0 Å². The molecule has 1 aliphatic carbocycles. The number of aromatic nitrogens is 2. The molecule has 0 radical (unpaired) electrons. The number of nitriles is 1. The summed E-state index contributed by atoms with van der Waals surface area (Å²) >= 11 is 6.20. The third-order valence-electron chi connectivity index (χ3n) is 8.07. The quantitative estimate of drug-likeness (QED) is 0.573. The molecule has 2 aromatic rings. The zero-order valence-electron chi connectivity index (χ0n) is 22.4. The highest BCUT2D eigenvalue weighted by Crippen LogP contribution is 2.55. The zero-order valence-corrected chi connectivity index (χ0v) is 23.2. The van der Waals surface area contributed by atoms with Crippen molar-refractivity contribution in [1.29, 1.82) is 5.26 Å². The van der Waals surface area contributed by atoms with Crippen molar-refractivity contribution >= 4 is 23.5 Å². The minimum atomic E-state index is -0.362. The number of amides is 1. The van der Waals surface area contributed by atoms with Gasteiger partial charge in [-0.3, -0.25) is 4.79 Å². The monoisotopic (exact) mass is 525 g/mol. The number of rotatable bonds is 6. The molecule has 2 heterocycles. The van der Waals surface area contributed by atoms with Crippen LogP contribution < -0.4 is 15.0 Å². The van der Waals surface area contributed by atoms with E-state index in [2.05, 4.69) is 53.9 Å². The van der Waals surface area contributed by atoms with Gasteiger partial charge in [0.2, 0.25) is 5.95 Å². The Morgan fingerprint density at radius 2 is 1.78 bits per heavy atom. The number of halogens is 1.